The van der Waals surface area contributed by atoms with Gasteiger partial charge in [0.2, 0.25) is 0 Å². The Kier molecular flexibility index (Phi) is 3.62. The summed E-state index contributed by atoms with van der Waals surface area (Å²) in [6.45, 7) is 3.50. The zero-order valence-corrected chi connectivity index (χ0v) is 9.91. The third-order valence-electron chi connectivity index (χ3n) is 3.32. The van der Waals surface area contributed by atoms with Crippen molar-refractivity contribution in [1.29, 1.82) is 0 Å². The molecule has 0 bridgehead atoms. The largest absolute Gasteiger partial charge is 0.385 e. The molecule has 2 rings (SSSR count). The van der Waals surface area contributed by atoms with E-state index >= 15 is 0 Å². The van der Waals surface area contributed by atoms with Gasteiger partial charge in [-0.15, -0.1) is 0 Å². The fourth-order valence-electron chi connectivity index (χ4n) is 2.30. The van der Waals surface area contributed by atoms with E-state index in [4.69, 9.17) is 4.74 Å². The molecule has 0 unspecified atom stereocenters. The van der Waals surface area contributed by atoms with Crippen molar-refractivity contribution in [3.05, 3.63) is 35.4 Å². The Morgan fingerprint density at radius 3 is 2.75 bits per heavy atom. The van der Waals surface area contributed by atoms with Gasteiger partial charge in [0.1, 0.15) is 0 Å². The van der Waals surface area contributed by atoms with Crippen molar-refractivity contribution >= 4 is 0 Å². The van der Waals surface area contributed by atoms with Crippen molar-refractivity contribution in [3.63, 3.8) is 0 Å². The molecule has 0 amide bonds. The van der Waals surface area contributed by atoms with E-state index in [2.05, 4.69) is 19.1 Å². The molecule has 1 aromatic carbocycles. The summed E-state index contributed by atoms with van der Waals surface area (Å²) in [6, 6.07) is 8.36. The van der Waals surface area contributed by atoms with Crippen LogP contribution in [0.15, 0.2) is 24.3 Å². The van der Waals surface area contributed by atoms with Gasteiger partial charge in [0.05, 0.1) is 5.60 Å². The molecule has 1 aliphatic rings. The number of hydrogen-bond acceptors (Lipinski definition) is 2. The Bertz CT molecular complexity index is 340. The molecular formula is C14H20O2. The van der Waals surface area contributed by atoms with Gasteiger partial charge >= 0.3 is 0 Å². The summed E-state index contributed by atoms with van der Waals surface area (Å²) in [5.74, 6) is 0. The van der Waals surface area contributed by atoms with E-state index in [-0.39, 0.29) is 0 Å². The summed E-state index contributed by atoms with van der Waals surface area (Å²) in [5, 5.41) is 10.6. The van der Waals surface area contributed by atoms with E-state index in [9.17, 15) is 5.11 Å². The van der Waals surface area contributed by atoms with Crippen molar-refractivity contribution in [3.8, 4) is 0 Å². The first-order valence-corrected chi connectivity index (χ1v) is 6.14. The molecule has 0 atom stereocenters. The Morgan fingerprint density at radius 1 is 1.31 bits per heavy atom. The van der Waals surface area contributed by atoms with E-state index in [1.807, 2.05) is 12.1 Å². The standard InChI is InChI=1S/C14H20O2/c1-2-4-12-5-3-6-13(11-12)14(15)7-9-16-10-8-14/h3,5-6,11,15H,2,4,7-10H2,1H3. The Morgan fingerprint density at radius 2 is 2.06 bits per heavy atom. The first kappa shape index (κ1) is 11.6. The summed E-state index contributed by atoms with van der Waals surface area (Å²) >= 11 is 0. The molecule has 1 aliphatic heterocycles. The lowest BCUT2D eigenvalue weighted by Gasteiger charge is -2.32. The van der Waals surface area contributed by atoms with Crippen LogP contribution in [0.1, 0.15) is 37.3 Å². The highest BCUT2D eigenvalue weighted by molar-refractivity contribution is 5.28. The fourth-order valence-corrected chi connectivity index (χ4v) is 2.30. The summed E-state index contributed by atoms with van der Waals surface area (Å²) in [5.41, 5.74) is 1.71. The van der Waals surface area contributed by atoms with E-state index < -0.39 is 5.60 Å². The number of hydrogen-bond donors (Lipinski definition) is 1. The maximum absolute atomic E-state index is 10.6. The van der Waals surface area contributed by atoms with E-state index in [0.717, 1.165) is 18.4 Å². The summed E-state index contributed by atoms with van der Waals surface area (Å²) < 4.78 is 5.30. The van der Waals surface area contributed by atoms with Crippen LogP contribution < -0.4 is 0 Å². The summed E-state index contributed by atoms with van der Waals surface area (Å²) in [7, 11) is 0. The second-order valence-corrected chi connectivity index (χ2v) is 4.59. The second-order valence-electron chi connectivity index (χ2n) is 4.59. The molecule has 1 saturated heterocycles. The zero-order chi connectivity index (χ0) is 11.4. The van der Waals surface area contributed by atoms with Crippen molar-refractivity contribution in [2.24, 2.45) is 0 Å². The monoisotopic (exact) mass is 220 g/mol. The predicted molar refractivity (Wildman–Crippen MR) is 64.4 cm³/mol. The van der Waals surface area contributed by atoms with Crippen molar-refractivity contribution in [1.82, 2.24) is 0 Å². The highest BCUT2D eigenvalue weighted by Crippen LogP contribution is 2.32. The maximum Gasteiger partial charge on any atom is 0.0940 e. The first-order chi connectivity index (χ1) is 7.74. The lowest BCUT2D eigenvalue weighted by molar-refractivity contribution is -0.0679. The van der Waals surface area contributed by atoms with Crippen LogP contribution in [0.3, 0.4) is 0 Å². The average Bonchev–Trinajstić information content (AvgIpc) is 2.31. The quantitative estimate of drug-likeness (QED) is 0.848. The number of ether oxygens (including phenoxy) is 1. The molecule has 0 radical (unpaired) electrons. The molecule has 16 heavy (non-hydrogen) atoms. The number of benzene rings is 1. The van der Waals surface area contributed by atoms with Crippen LogP contribution in [0.2, 0.25) is 0 Å². The van der Waals surface area contributed by atoms with Gasteiger partial charge in [-0.2, -0.15) is 0 Å². The molecule has 2 heteroatoms. The van der Waals surface area contributed by atoms with E-state index in [0.29, 0.717) is 26.1 Å². The highest BCUT2D eigenvalue weighted by atomic mass is 16.5. The van der Waals surface area contributed by atoms with Gasteiger partial charge in [0.15, 0.2) is 0 Å². The zero-order valence-electron chi connectivity index (χ0n) is 9.91. The first-order valence-electron chi connectivity index (χ1n) is 6.14. The average molecular weight is 220 g/mol. The Balaban J connectivity index is 2.21. The SMILES string of the molecule is CCCc1cccc(C2(O)CCOCC2)c1. The number of aryl methyl sites for hydroxylation is 1. The van der Waals surface area contributed by atoms with Crippen molar-refractivity contribution in [2.75, 3.05) is 13.2 Å². The molecule has 1 N–H and O–H groups in total. The van der Waals surface area contributed by atoms with E-state index in [1.165, 1.54) is 5.56 Å². The van der Waals surface area contributed by atoms with Crippen LogP contribution in [0, 0.1) is 0 Å². The molecule has 1 fully saturated rings. The van der Waals surface area contributed by atoms with Gasteiger partial charge in [-0.05, 0) is 17.5 Å². The highest BCUT2D eigenvalue weighted by Gasteiger charge is 2.31. The van der Waals surface area contributed by atoms with Gasteiger partial charge in [-0.3, -0.25) is 0 Å². The Labute approximate surface area is 97.3 Å². The van der Waals surface area contributed by atoms with Crippen LogP contribution in [0.5, 0.6) is 0 Å². The van der Waals surface area contributed by atoms with Gasteiger partial charge in [0, 0.05) is 26.1 Å². The van der Waals surface area contributed by atoms with Crippen molar-refractivity contribution < 1.29 is 9.84 Å². The molecule has 0 saturated carbocycles. The van der Waals surface area contributed by atoms with Crippen molar-refractivity contribution in [2.45, 2.75) is 38.2 Å². The Hall–Kier alpha value is -0.860. The van der Waals surface area contributed by atoms with E-state index in [1.54, 1.807) is 0 Å². The molecule has 0 aromatic heterocycles. The minimum Gasteiger partial charge on any atom is -0.385 e. The third-order valence-corrected chi connectivity index (χ3v) is 3.32. The number of rotatable bonds is 3. The fraction of sp³-hybridized carbons (Fsp3) is 0.571. The molecular weight excluding hydrogens is 200 g/mol. The maximum atomic E-state index is 10.6. The predicted octanol–water partition coefficient (Wildman–Crippen LogP) is 2.64. The summed E-state index contributed by atoms with van der Waals surface area (Å²) in [4.78, 5) is 0. The second kappa shape index (κ2) is 4.98. The molecule has 2 nitrogen and oxygen atoms in total. The van der Waals surface area contributed by atoms with Crippen LogP contribution in [-0.4, -0.2) is 18.3 Å². The molecule has 88 valence electrons. The van der Waals surface area contributed by atoms with Crippen LogP contribution in [0.25, 0.3) is 0 Å². The van der Waals surface area contributed by atoms with Crippen LogP contribution in [-0.2, 0) is 16.8 Å². The molecule has 1 aromatic rings. The minimum absolute atomic E-state index is 0.661. The third kappa shape index (κ3) is 2.45. The van der Waals surface area contributed by atoms with Gasteiger partial charge < -0.3 is 9.84 Å². The van der Waals surface area contributed by atoms with Crippen LogP contribution in [0.4, 0.5) is 0 Å². The number of aliphatic hydroxyl groups is 1. The minimum atomic E-state index is -0.665. The lowest BCUT2D eigenvalue weighted by Crippen LogP contribution is -2.33. The normalized spacial score (nSPS) is 19.6. The van der Waals surface area contributed by atoms with Gasteiger partial charge in [-0.25, -0.2) is 0 Å². The topological polar surface area (TPSA) is 29.5 Å². The summed E-state index contributed by atoms with van der Waals surface area (Å²) in [6.07, 6.45) is 3.65. The lowest BCUT2D eigenvalue weighted by atomic mass is 9.85. The van der Waals surface area contributed by atoms with Gasteiger partial charge in [0.25, 0.3) is 0 Å². The molecule has 1 heterocycles. The smallest absolute Gasteiger partial charge is 0.0940 e. The molecule has 0 spiro atoms. The molecule has 0 aliphatic carbocycles. The van der Waals surface area contributed by atoms with Gasteiger partial charge in [-0.1, -0.05) is 37.6 Å². The van der Waals surface area contributed by atoms with Crippen LogP contribution >= 0.6 is 0 Å².